The van der Waals surface area contributed by atoms with Gasteiger partial charge in [0, 0.05) is 31.5 Å². The van der Waals surface area contributed by atoms with E-state index in [2.05, 4.69) is 4.98 Å². The fraction of sp³-hybridized carbons (Fsp3) is 0.667. The van der Waals surface area contributed by atoms with Crippen LogP contribution in [0.5, 0.6) is 0 Å². The van der Waals surface area contributed by atoms with Crippen molar-refractivity contribution in [2.45, 2.75) is 25.6 Å². The third-order valence-corrected chi connectivity index (χ3v) is 2.63. The van der Waals surface area contributed by atoms with Gasteiger partial charge in [0.15, 0.2) is 0 Å². The first-order valence-electron chi connectivity index (χ1n) is 4.94. The molecule has 2 rings (SSSR count). The summed E-state index contributed by atoms with van der Waals surface area (Å²) in [6, 6.07) is 0.167. The van der Waals surface area contributed by atoms with Gasteiger partial charge >= 0.3 is 6.55 Å². The van der Waals surface area contributed by atoms with Crippen LogP contribution in [0.3, 0.4) is 0 Å². The summed E-state index contributed by atoms with van der Waals surface area (Å²) in [6.45, 7) is -0.447. The van der Waals surface area contributed by atoms with Crippen LogP contribution in [0, 0.1) is 0 Å². The zero-order valence-corrected chi connectivity index (χ0v) is 10.8. The van der Waals surface area contributed by atoms with Gasteiger partial charge in [0.1, 0.15) is 5.82 Å². The third kappa shape index (κ3) is 4.06. The highest BCUT2D eigenvalue weighted by Gasteiger charge is 2.21. The number of hydrogen-bond acceptors (Lipinski definition) is 3. The molecule has 0 saturated carbocycles. The summed E-state index contributed by atoms with van der Waals surface area (Å²) >= 11 is 0. The fourth-order valence-electron chi connectivity index (χ4n) is 1.85. The van der Waals surface area contributed by atoms with Crippen molar-refractivity contribution in [1.82, 2.24) is 14.5 Å². The smallest absolute Gasteiger partial charge is 0.319 e. The van der Waals surface area contributed by atoms with Gasteiger partial charge in [-0.2, -0.15) is 8.78 Å². The Morgan fingerprint density at radius 3 is 2.71 bits per heavy atom. The molecule has 8 heteroatoms. The minimum atomic E-state index is -2.52. The van der Waals surface area contributed by atoms with Crippen LogP contribution in [-0.2, 0) is 6.54 Å². The van der Waals surface area contributed by atoms with E-state index in [1.165, 1.54) is 12.4 Å². The molecule has 0 aliphatic carbocycles. The zero-order valence-electron chi connectivity index (χ0n) is 9.13. The number of likely N-dealkylation sites (tertiary alicyclic amines) is 1. The molecule has 0 amide bonds. The predicted octanol–water partition coefficient (Wildman–Crippen LogP) is 1.65. The molecule has 0 aromatic carbocycles. The van der Waals surface area contributed by atoms with Gasteiger partial charge in [0.25, 0.3) is 0 Å². The predicted molar refractivity (Wildman–Crippen MR) is 65.8 cm³/mol. The molecule has 0 bridgehead atoms. The highest BCUT2D eigenvalue weighted by molar-refractivity contribution is 5.85. The van der Waals surface area contributed by atoms with Crippen molar-refractivity contribution in [2.75, 3.05) is 13.1 Å². The van der Waals surface area contributed by atoms with E-state index in [1.807, 2.05) is 4.90 Å². The summed E-state index contributed by atoms with van der Waals surface area (Å²) in [6.07, 6.45) is 3.63. The Morgan fingerprint density at radius 1 is 1.47 bits per heavy atom. The molecule has 4 nitrogen and oxygen atoms in total. The Kier molecular flexibility index (Phi) is 6.92. The van der Waals surface area contributed by atoms with Gasteiger partial charge < -0.3 is 5.73 Å². The quantitative estimate of drug-likeness (QED) is 0.920. The molecule has 0 spiro atoms. The number of nitrogens with zero attached hydrogens (tertiary/aromatic N) is 3. The monoisotopic (exact) mass is 288 g/mol. The van der Waals surface area contributed by atoms with Gasteiger partial charge in [0.2, 0.25) is 0 Å². The van der Waals surface area contributed by atoms with Crippen LogP contribution in [0.25, 0.3) is 0 Å². The van der Waals surface area contributed by atoms with E-state index in [4.69, 9.17) is 5.73 Å². The third-order valence-electron chi connectivity index (χ3n) is 2.63. The maximum absolute atomic E-state index is 12.5. The number of nitrogens with two attached hydrogens (primary N) is 1. The average Bonchev–Trinajstić information content (AvgIpc) is 2.75. The summed E-state index contributed by atoms with van der Waals surface area (Å²) in [7, 11) is 0. The highest BCUT2D eigenvalue weighted by Crippen LogP contribution is 2.16. The Hall–Kier alpha value is -0.430. The largest absolute Gasteiger partial charge is 0.326 e. The second-order valence-corrected chi connectivity index (χ2v) is 3.81. The summed E-state index contributed by atoms with van der Waals surface area (Å²) in [4.78, 5) is 5.97. The van der Waals surface area contributed by atoms with Gasteiger partial charge in [-0.15, -0.1) is 24.8 Å². The van der Waals surface area contributed by atoms with Gasteiger partial charge in [-0.25, -0.2) is 4.98 Å². The Balaban J connectivity index is 0.00000128. The SMILES string of the molecule is Cl.Cl.N[C@H]1CCN(Cc2nccn2C(F)F)C1. The van der Waals surface area contributed by atoms with E-state index in [0.29, 0.717) is 12.4 Å². The van der Waals surface area contributed by atoms with Crippen LogP contribution in [0.1, 0.15) is 18.8 Å². The number of imidazole rings is 1. The molecular weight excluding hydrogens is 273 g/mol. The van der Waals surface area contributed by atoms with Gasteiger partial charge in [-0.05, 0) is 6.42 Å². The maximum atomic E-state index is 12.5. The lowest BCUT2D eigenvalue weighted by atomic mass is 10.3. The van der Waals surface area contributed by atoms with Crippen molar-refractivity contribution < 1.29 is 8.78 Å². The van der Waals surface area contributed by atoms with E-state index < -0.39 is 6.55 Å². The maximum Gasteiger partial charge on any atom is 0.319 e. The molecule has 1 fully saturated rings. The van der Waals surface area contributed by atoms with Crippen LogP contribution in [0.2, 0.25) is 0 Å². The molecule has 0 radical (unpaired) electrons. The Morgan fingerprint density at radius 2 is 2.18 bits per heavy atom. The van der Waals surface area contributed by atoms with E-state index in [-0.39, 0.29) is 30.9 Å². The molecule has 1 aliphatic heterocycles. The number of rotatable bonds is 3. The number of alkyl halides is 2. The normalized spacial score (nSPS) is 20.1. The van der Waals surface area contributed by atoms with E-state index >= 15 is 0 Å². The molecule has 1 aromatic rings. The average molecular weight is 289 g/mol. The minimum Gasteiger partial charge on any atom is -0.326 e. The summed E-state index contributed by atoms with van der Waals surface area (Å²) < 4.78 is 25.9. The molecule has 2 heterocycles. The van der Waals surface area contributed by atoms with E-state index in [9.17, 15) is 8.78 Å². The molecule has 1 aliphatic rings. The van der Waals surface area contributed by atoms with Gasteiger partial charge in [-0.3, -0.25) is 9.47 Å². The van der Waals surface area contributed by atoms with Crippen molar-refractivity contribution in [3.63, 3.8) is 0 Å². The molecule has 17 heavy (non-hydrogen) atoms. The van der Waals surface area contributed by atoms with Crippen molar-refractivity contribution >= 4 is 24.8 Å². The van der Waals surface area contributed by atoms with Gasteiger partial charge in [-0.1, -0.05) is 0 Å². The Bertz CT molecular complexity index is 335. The van der Waals surface area contributed by atoms with Gasteiger partial charge in [0.05, 0.1) is 6.54 Å². The van der Waals surface area contributed by atoms with Crippen LogP contribution < -0.4 is 5.73 Å². The summed E-state index contributed by atoms with van der Waals surface area (Å²) in [5, 5.41) is 0. The molecule has 0 unspecified atom stereocenters. The standard InChI is InChI=1S/C9H14F2N4.2ClH/c10-9(11)15-4-2-13-8(15)6-14-3-1-7(12)5-14;;/h2,4,7,9H,1,3,5-6,12H2;2*1H/t7-;;/m0../s1. The lowest BCUT2D eigenvalue weighted by molar-refractivity contribution is 0.0645. The molecule has 1 aromatic heterocycles. The Labute approximate surface area is 111 Å². The summed E-state index contributed by atoms with van der Waals surface area (Å²) in [5.41, 5.74) is 5.73. The molecule has 1 saturated heterocycles. The first kappa shape index (κ1) is 16.6. The van der Waals surface area contributed by atoms with Crippen LogP contribution in [-0.4, -0.2) is 33.6 Å². The second kappa shape index (κ2) is 7.10. The topological polar surface area (TPSA) is 47.1 Å². The second-order valence-electron chi connectivity index (χ2n) is 3.81. The van der Waals surface area contributed by atoms with E-state index in [0.717, 1.165) is 24.1 Å². The molecule has 2 N–H and O–H groups in total. The highest BCUT2D eigenvalue weighted by atomic mass is 35.5. The van der Waals surface area contributed by atoms with Crippen LogP contribution in [0.4, 0.5) is 8.78 Å². The number of hydrogen-bond donors (Lipinski definition) is 1. The van der Waals surface area contributed by atoms with Crippen LogP contribution in [0.15, 0.2) is 12.4 Å². The van der Waals surface area contributed by atoms with Crippen LogP contribution >= 0.6 is 24.8 Å². The molecular formula is C9H16Cl2F2N4. The van der Waals surface area contributed by atoms with Crippen molar-refractivity contribution in [2.24, 2.45) is 5.73 Å². The number of halogens is 4. The minimum absolute atomic E-state index is 0. The first-order chi connectivity index (χ1) is 7.16. The lowest BCUT2D eigenvalue weighted by Gasteiger charge is -2.15. The van der Waals surface area contributed by atoms with Crippen molar-refractivity contribution in [3.05, 3.63) is 18.2 Å². The fourth-order valence-corrected chi connectivity index (χ4v) is 1.85. The first-order valence-corrected chi connectivity index (χ1v) is 4.94. The molecule has 1 atom stereocenters. The van der Waals surface area contributed by atoms with Crippen molar-refractivity contribution in [3.8, 4) is 0 Å². The van der Waals surface area contributed by atoms with Crippen molar-refractivity contribution in [1.29, 1.82) is 0 Å². The number of aromatic nitrogens is 2. The lowest BCUT2D eigenvalue weighted by Crippen LogP contribution is -2.27. The zero-order chi connectivity index (χ0) is 10.8. The molecule has 100 valence electrons. The summed E-state index contributed by atoms with van der Waals surface area (Å²) in [5.74, 6) is 0.402. The van der Waals surface area contributed by atoms with E-state index in [1.54, 1.807) is 0 Å².